The SMILES string of the molecule is O=C(NOCc1ccc(C(F)(F)F)cc1)c1c(Oc2cccc(C(F)(F)F)c2)nnc2ccccc12. The summed E-state index contributed by atoms with van der Waals surface area (Å²) in [6.45, 7) is -0.260. The maximum Gasteiger partial charge on any atom is 0.416 e. The fraction of sp³-hybridized carbons (Fsp3) is 0.125. The number of hydroxylamine groups is 1. The van der Waals surface area contributed by atoms with Gasteiger partial charge in [-0.1, -0.05) is 36.4 Å². The Kier molecular flexibility index (Phi) is 6.80. The summed E-state index contributed by atoms with van der Waals surface area (Å²) < 4.78 is 82.8. The minimum absolute atomic E-state index is 0.162. The van der Waals surface area contributed by atoms with Crippen LogP contribution in [0.15, 0.2) is 72.8 Å². The van der Waals surface area contributed by atoms with E-state index in [9.17, 15) is 31.1 Å². The fourth-order valence-corrected chi connectivity index (χ4v) is 3.20. The molecule has 3 aromatic carbocycles. The van der Waals surface area contributed by atoms with Crippen molar-refractivity contribution in [2.24, 2.45) is 0 Å². The number of hydrogen-bond acceptors (Lipinski definition) is 5. The number of ether oxygens (including phenoxy) is 1. The maximum absolute atomic E-state index is 13.1. The summed E-state index contributed by atoms with van der Waals surface area (Å²) in [4.78, 5) is 18.1. The van der Waals surface area contributed by atoms with Crippen molar-refractivity contribution in [3.63, 3.8) is 0 Å². The van der Waals surface area contributed by atoms with Gasteiger partial charge in [0.1, 0.15) is 11.3 Å². The molecule has 6 nitrogen and oxygen atoms in total. The molecule has 1 amide bonds. The molecule has 1 N–H and O–H groups in total. The van der Waals surface area contributed by atoms with Gasteiger partial charge in [-0.2, -0.15) is 26.3 Å². The number of fused-ring (bicyclic) bond motifs is 1. The number of carbonyl (C=O) groups is 1. The quantitative estimate of drug-likeness (QED) is 0.244. The van der Waals surface area contributed by atoms with E-state index in [0.29, 0.717) is 11.1 Å². The summed E-state index contributed by atoms with van der Waals surface area (Å²) in [5.74, 6) is -1.45. The van der Waals surface area contributed by atoms with E-state index >= 15 is 0 Å². The minimum atomic E-state index is -4.61. The molecule has 4 aromatic rings. The first kappa shape index (κ1) is 24.9. The Balaban J connectivity index is 1.56. The molecule has 0 atom stereocenters. The van der Waals surface area contributed by atoms with Crippen LogP contribution in [0.25, 0.3) is 10.9 Å². The lowest BCUT2D eigenvalue weighted by Crippen LogP contribution is -2.25. The lowest BCUT2D eigenvalue weighted by molar-refractivity contribution is -0.138. The van der Waals surface area contributed by atoms with Gasteiger partial charge in [-0.3, -0.25) is 9.63 Å². The number of aromatic nitrogens is 2. The monoisotopic (exact) mass is 507 g/mol. The minimum Gasteiger partial charge on any atom is -0.437 e. The highest BCUT2D eigenvalue weighted by Gasteiger charge is 2.31. The van der Waals surface area contributed by atoms with E-state index in [0.717, 1.165) is 30.3 Å². The molecule has 0 bridgehead atoms. The van der Waals surface area contributed by atoms with Gasteiger partial charge < -0.3 is 4.74 Å². The van der Waals surface area contributed by atoms with Gasteiger partial charge >= 0.3 is 12.4 Å². The van der Waals surface area contributed by atoms with Gasteiger partial charge in [0.15, 0.2) is 0 Å². The van der Waals surface area contributed by atoms with E-state index in [2.05, 4.69) is 15.7 Å². The third-order valence-corrected chi connectivity index (χ3v) is 4.92. The number of hydrogen-bond donors (Lipinski definition) is 1. The number of nitrogens with zero attached hydrogens (tertiary/aromatic N) is 2. The van der Waals surface area contributed by atoms with Gasteiger partial charge in [-0.25, -0.2) is 5.48 Å². The molecule has 0 radical (unpaired) electrons. The van der Waals surface area contributed by atoms with E-state index in [1.807, 2.05) is 0 Å². The summed E-state index contributed by atoms with van der Waals surface area (Å²) in [5.41, 5.74) is 0.860. The summed E-state index contributed by atoms with van der Waals surface area (Å²) in [5, 5.41) is 8.06. The third kappa shape index (κ3) is 5.71. The van der Waals surface area contributed by atoms with Crippen LogP contribution in [0.3, 0.4) is 0 Å². The molecule has 12 heteroatoms. The van der Waals surface area contributed by atoms with Crippen LogP contribution in [0.5, 0.6) is 11.6 Å². The number of benzene rings is 3. The van der Waals surface area contributed by atoms with Crippen LogP contribution in [-0.4, -0.2) is 16.1 Å². The standard InChI is InChI=1S/C24H15F6N3O3/c25-23(26,27)15-10-8-14(9-11-15)13-35-33-21(34)20-18-6-1-2-7-19(18)31-32-22(20)36-17-5-3-4-16(12-17)24(28,29)30/h1-12H,13H2,(H,33,34). The fourth-order valence-electron chi connectivity index (χ4n) is 3.20. The number of rotatable bonds is 6. The molecule has 0 unspecified atom stereocenters. The van der Waals surface area contributed by atoms with Crippen LogP contribution >= 0.6 is 0 Å². The van der Waals surface area contributed by atoms with E-state index in [-0.39, 0.29) is 29.2 Å². The molecular weight excluding hydrogens is 492 g/mol. The maximum atomic E-state index is 13.1. The topological polar surface area (TPSA) is 73.3 Å². The van der Waals surface area contributed by atoms with Crippen molar-refractivity contribution in [3.05, 3.63) is 95.1 Å². The van der Waals surface area contributed by atoms with Crippen molar-refractivity contribution in [3.8, 4) is 11.6 Å². The van der Waals surface area contributed by atoms with Gasteiger partial charge in [0.2, 0.25) is 0 Å². The normalized spacial score (nSPS) is 11.9. The zero-order chi connectivity index (χ0) is 25.9. The first-order chi connectivity index (χ1) is 17.0. The Hall–Kier alpha value is -4.19. The van der Waals surface area contributed by atoms with Crippen molar-refractivity contribution >= 4 is 16.8 Å². The molecule has 0 aliphatic rings. The van der Waals surface area contributed by atoms with Crippen LogP contribution in [0.2, 0.25) is 0 Å². The van der Waals surface area contributed by atoms with Crippen LogP contribution in [0.4, 0.5) is 26.3 Å². The van der Waals surface area contributed by atoms with Crippen LogP contribution in [-0.2, 0) is 23.8 Å². The van der Waals surface area contributed by atoms with Gasteiger partial charge in [0.25, 0.3) is 11.8 Å². The molecular formula is C24H15F6N3O3. The molecule has 4 rings (SSSR count). The molecule has 1 aromatic heterocycles. The third-order valence-electron chi connectivity index (χ3n) is 4.92. The Labute approximate surface area is 199 Å². The molecule has 36 heavy (non-hydrogen) atoms. The second-order valence-corrected chi connectivity index (χ2v) is 7.44. The molecule has 0 saturated carbocycles. The number of halogens is 6. The van der Waals surface area contributed by atoms with Gasteiger partial charge in [-0.15, -0.1) is 10.2 Å². The van der Waals surface area contributed by atoms with Gasteiger partial charge in [0, 0.05) is 5.39 Å². The van der Waals surface area contributed by atoms with E-state index < -0.39 is 29.4 Å². The first-order valence-electron chi connectivity index (χ1n) is 10.2. The van der Waals surface area contributed by atoms with Crippen molar-refractivity contribution in [1.29, 1.82) is 0 Å². The average Bonchev–Trinajstić information content (AvgIpc) is 2.83. The van der Waals surface area contributed by atoms with Crippen molar-refractivity contribution in [1.82, 2.24) is 15.7 Å². The zero-order valence-electron chi connectivity index (χ0n) is 18.0. The molecule has 0 saturated heterocycles. The number of nitrogens with one attached hydrogen (secondary N) is 1. The summed E-state index contributed by atoms with van der Waals surface area (Å²) in [6.07, 6.45) is -9.10. The number of alkyl halides is 6. The van der Waals surface area contributed by atoms with E-state index in [1.165, 1.54) is 24.3 Å². The molecule has 0 aliphatic carbocycles. The van der Waals surface area contributed by atoms with Crippen molar-refractivity contribution < 1.29 is 40.7 Å². The Morgan fingerprint density at radius 3 is 2.19 bits per heavy atom. The van der Waals surface area contributed by atoms with Crippen LogP contribution < -0.4 is 10.2 Å². The summed E-state index contributed by atoms with van der Waals surface area (Å²) >= 11 is 0. The van der Waals surface area contributed by atoms with E-state index in [1.54, 1.807) is 18.2 Å². The predicted molar refractivity (Wildman–Crippen MR) is 115 cm³/mol. The van der Waals surface area contributed by atoms with Gasteiger partial charge in [-0.05, 0) is 42.0 Å². The summed E-state index contributed by atoms with van der Waals surface area (Å²) in [6, 6.07) is 14.5. The van der Waals surface area contributed by atoms with Crippen molar-refractivity contribution in [2.45, 2.75) is 19.0 Å². The largest absolute Gasteiger partial charge is 0.437 e. The smallest absolute Gasteiger partial charge is 0.416 e. The summed E-state index contributed by atoms with van der Waals surface area (Å²) in [7, 11) is 0. The lowest BCUT2D eigenvalue weighted by atomic mass is 10.1. The van der Waals surface area contributed by atoms with Crippen LogP contribution in [0, 0.1) is 0 Å². The Morgan fingerprint density at radius 2 is 1.50 bits per heavy atom. The highest BCUT2D eigenvalue weighted by atomic mass is 19.4. The Bertz CT molecular complexity index is 1390. The predicted octanol–water partition coefficient (Wildman–Crippen LogP) is 6.32. The first-order valence-corrected chi connectivity index (χ1v) is 10.2. The van der Waals surface area contributed by atoms with Gasteiger partial charge in [0.05, 0.1) is 23.3 Å². The number of amides is 1. The molecule has 0 spiro atoms. The second-order valence-electron chi connectivity index (χ2n) is 7.44. The molecule has 0 aliphatic heterocycles. The number of carbonyl (C=O) groups excluding carboxylic acids is 1. The zero-order valence-corrected chi connectivity index (χ0v) is 18.0. The molecule has 0 fully saturated rings. The van der Waals surface area contributed by atoms with Crippen molar-refractivity contribution in [2.75, 3.05) is 0 Å². The second kappa shape index (κ2) is 9.82. The molecule has 1 heterocycles. The van der Waals surface area contributed by atoms with Crippen LogP contribution in [0.1, 0.15) is 27.0 Å². The highest BCUT2D eigenvalue weighted by molar-refractivity contribution is 6.07. The lowest BCUT2D eigenvalue weighted by Gasteiger charge is -2.13. The van der Waals surface area contributed by atoms with E-state index in [4.69, 9.17) is 9.57 Å². The molecule has 186 valence electrons. The average molecular weight is 507 g/mol. The highest BCUT2D eigenvalue weighted by Crippen LogP contribution is 2.34. The Morgan fingerprint density at radius 1 is 0.806 bits per heavy atom.